The number of nitrogens with one attached hydrogen (secondary N) is 1. The fraction of sp³-hybridized carbons (Fsp3) is 0.764. The number of carbonyl (C=O) groups is 1. The Hall–Kier alpha value is -2.77. The molecule has 1 amide bonds. The molecular formula is C55H93NO14. The normalized spacial score (nSPS) is 12.2. The molecule has 0 fully saturated rings. The van der Waals surface area contributed by atoms with Crippen molar-refractivity contribution in [3.63, 3.8) is 0 Å². The highest BCUT2D eigenvalue weighted by molar-refractivity contribution is 5.79. The molecule has 70 heavy (non-hydrogen) atoms. The second-order valence-corrected chi connectivity index (χ2v) is 17.2. The van der Waals surface area contributed by atoms with Crippen LogP contribution >= 0.6 is 0 Å². The van der Waals surface area contributed by atoms with Gasteiger partial charge in [-0.3, -0.25) is 0 Å². The van der Waals surface area contributed by atoms with Gasteiger partial charge in [-0.15, -0.1) is 0 Å². The van der Waals surface area contributed by atoms with Crippen LogP contribution in [0.1, 0.15) is 114 Å². The Balaban J connectivity index is 0.887. The summed E-state index contributed by atoms with van der Waals surface area (Å²) >= 11 is 0. The third kappa shape index (κ3) is 33.8. The molecule has 0 saturated carbocycles. The van der Waals surface area contributed by atoms with Gasteiger partial charge in [-0.2, -0.15) is 0 Å². The molecule has 1 aliphatic rings. The quantitative estimate of drug-likeness (QED) is 0.0628. The molecule has 0 heterocycles. The number of rotatable bonds is 53. The first kappa shape index (κ1) is 61.5. The molecule has 0 atom stereocenters. The van der Waals surface area contributed by atoms with Gasteiger partial charge in [0.2, 0.25) is 0 Å². The molecule has 3 rings (SSSR count). The zero-order chi connectivity index (χ0) is 49.3. The van der Waals surface area contributed by atoms with E-state index in [1.54, 1.807) is 0 Å². The van der Waals surface area contributed by atoms with Crippen LogP contribution in [0.15, 0.2) is 48.5 Å². The highest BCUT2D eigenvalue weighted by atomic mass is 16.6. The van der Waals surface area contributed by atoms with Crippen molar-refractivity contribution < 1.29 is 66.4 Å². The summed E-state index contributed by atoms with van der Waals surface area (Å²) in [5, 5.41) is 2.81. The third-order valence-electron chi connectivity index (χ3n) is 11.6. The van der Waals surface area contributed by atoms with Gasteiger partial charge in [-0.1, -0.05) is 133 Å². The van der Waals surface area contributed by atoms with Gasteiger partial charge in [0, 0.05) is 25.7 Å². The minimum Gasteiger partial charge on any atom is -0.449 e. The number of hydrogen-bond donors (Lipinski definition) is 1. The second kappa shape index (κ2) is 47.2. The molecule has 0 saturated heterocycles. The van der Waals surface area contributed by atoms with Gasteiger partial charge in [-0.05, 0) is 35.1 Å². The molecular weight excluding hydrogens is 899 g/mol. The van der Waals surface area contributed by atoms with Crippen LogP contribution in [-0.4, -0.2) is 178 Å². The first-order chi connectivity index (χ1) is 34.8. The number of benzene rings is 2. The van der Waals surface area contributed by atoms with Crippen LogP contribution in [0.3, 0.4) is 0 Å². The summed E-state index contributed by atoms with van der Waals surface area (Å²) in [6, 6.07) is 16.6. The fourth-order valence-corrected chi connectivity index (χ4v) is 7.76. The van der Waals surface area contributed by atoms with Crippen LogP contribution < -0.4 is 5.32 Å². The topological polar surface area (TPSA) is 149 Å². The molecule has 1 aliphatic carbocycles. The molecule has 0 aliphatic heterocycles. The summed E-state index contributed by atoms with van der Waals surface area (Å²) < 4.78 is 72.3. The van der Waals surface area contributed by atoms with E-state index in [-0.39, 0.29) is 5.92 Å². The second-order valence-electron chi connectivity index (χ2n) is 17.2. The Labute approximate surface area is 421 Å². The molecule has 2 aromatic carbocycles. The average molecular weight is 992 g/mol. The molecule has 0 aromatic heterocycles. The molecule has 1 N–H and O–H groups in total. The van der Waals surface area contributed by atoms with Crippen molar-refractivity contribution in [2.24, 2.45) is 0 Å². The van der Waals surface area contributed by atoms with E-state index < -0.39 is 6.09 Å². The fourth-order valence-electron chi connectivity index (χ4n) is 7.76. The zero-order valence-corrected chi connectivity index (χ0v) is 43.2. The third-order valence-corrected chi connectivity index (χ3v) is 11.6. The molecule has 0 radical (unpaired) electrons. The number of amides is 1. The molecule has 2 aromatic rings. The molecule has 402 valence electrons. The Bertz CT molecular complexity index is 1410. The maximum Gasteiger partial charge on any atom is 0.407 e. The lowest BCUT2D eigenvalue weighted by Crippen LogP contribution is -2.27. The predicted octanol–water partition coefficient (Wildman–Crippen LogP) is 9.21. The van der Waals surface area contributed by atoms with E-state index >= 15 is 0 Å². The predicted molar refractivity (Wildman–Crippen MR) is 273 cm³/mol. The minimum atomic E-state index is -0.414. The van der Waals surface area contributed by atoms with Crippen LogP contribution in [0.25, 0.3) is 11.1 Å². The van der Waals surface area contributed by atoms with Crippen molar-refractivity contribution in [2.45, 2.75) is 103 Å². The molecule has 0 spiro atoms. The van der Waals surface area contributed by atoms with E-state index in [9.17, 15) is 4.79 Å². The molecule has 0 bridgehead atoms. The van der Waals surface area contributed by atoms with Gasteiger partial charge in [-0.25, -0.2) is 4.79 Å². The monoisotopic (exact) mass is 992 g/mol. The maximum absolute atomic E-state index is 12.3. The van der Waals surface area contributed by atoms with Gasteiger partial charge in [0.15, 0.2) is 0 Å². The van der Waals surface area contributed by atoms with Crippen molar-refractivity contribution in [1.82, 2.24) is 5.32 Å². The van der Waals surface area contributed by atoms with Crippen molar-refractivity contribution in [3.05, 3.63) is 59.7 Å². The number of fused-ring (bicyclic) bond motifs is 3. The zero-order valence-electron chi connectivity index (χ0n) is 43.2. The average Bonchev–Trinajstić information content (AvgIpc) is 3.70. The summed E-state index contributed by atoms with van der Waals surface area (Å²) in [6.45, 7) is 15.8. The van der Waals surface area contributed by atoms with Gasteiger partial charge in [0.05, 0.1) is 145 Å². The van der Waals surface area contributed by atoms with E-state index in [4.69, 9.17) is 61.6 Å². The van der Waals surface area contributed by atoms with E-state index in [2.05, 4.69) is 36.5 Å². The number of ether oxygens (including phenoxy) is 13. The van der Waals surface area contributed by atoms with Gasteiger partial charge >= 0.3 is 6.09 Å². The van der Waals surface area contributed by atoms with E-state index in [0.717, 1.165) is 13.0 Å². The van der Waals surface area contributed by atoms with Crippen LogP contribution in [0.2, 0.25) is 0 Å². The Kier molecular flexibility index (Phi) is 41.5. The van der Waals surface area contributed by atoms with E-state index in [1.807, 2.05) is 24.3 Å². The standard InChI is InChI=1S/C55H93NO14/c1-2-3-4-5-6-7-8-9-10-11-12-13-18-25-58-27-29-60-31-33-62-35-37-64-39-41-66-43-45-68-47-48-69-46-44-67-42-40-65-38-36-63-34-32-61-30-28-59-26-19-24-56-55(57)70-49-54-52-22-16-14-20-50(52)51-21-15-17-23-53(51)54/h14-17,20-23,54H,2-13,18-19,24-49H2,1H3,(H,56,57). The van der Waals surface area contributed by atoms with Crippen LogP contribution in [-0.2, 0) is 61.6 Å². The molecule has 0 unspecified atom stereocenters. The smallest absolute Gasteiger partial charge is 0.407 e. The maximum atomic E-state index is 12.3. The Morgan fingerprint density at radius 2 is 0.629 bits per heavy atom. The summed E-state index contributed by atoms with van der Waals surface area (Å²) in [5.41, 5.74) is 4.81. The SMILES string of the molecule is CCCCCCCCCCCCCCCOCCOCCOCCOCCOCCOCCOCCOCCOCCOCCOCCOCCCNC(=O)OCC1c2ccccc2-c2ccccc21. The minimum absolute atomic E-state index is 0.0480. The van der Waals surface area contributed by atoms with Crippen molar-refractivity contribution in [2.75, 3.05) is 172 Å². The lowest BCUT2D eigenvalue weighted by Gasteiger charge is -2.14. The lowest BCUT2D eigenvalue weighted by atomic mass is 9.98. The molecule has 15 heteroatoms. The van der Waals surface area contributed by atoms with Gasteiger partial charge in [0.1, 0.15) is 6.61 Å². The van der Waals surface area contributed by atoms with Crippen molar-refractivity contribution in [3.8, 4) is 11.1 Å². The summed E-state index contributed by atoms with van der Waals surface area (Å²) in [5.74, 6) is 0.0480. The lowest BCUT2D eigenvalue weighted by molar-refractivity contribution is -0.0283. The number of hydrogen-bond acceptors (Lipinski definition) is 14. The number of alkyl carbamates (subject to hydrolysis) is 1. The van der Waals surface area contributed by atoms with Crippen LogP contribution in [0.5, 0.6) is 0 Å². The van der Waals surface area contributed by atoms with Crippen molar-refractivity contribution in [1.29, 1.82) is 0 Å². The first-order valence-corrected chi connectivity index (χ1v) is 26.8. The van der Waals surface area contributed by atoms with Crippen LogP contribution in [0, 0.1) is 0 Å². The highest BCUT2D eigenvalue weighted by Gasteiger charge is 2.29. The van der Waals surface area contributed by atoms with E-state index in [1.165, 1.54) is 99.3 Å². The van der Waals surface area contributed by atoms with E-state index in [0.29, 0.717) is 172 Å². The summed E-state index contributed by atoms with van der Waals surface area (Å²) in [4.78, 5) is 12.3. The number of carbonyl (C=O) groups excluding carboxylic acids is 1. The van der Waals surface area contributed by atoms with Gasteiger partial charge < -0.3 is 66.9 Å². The summed E-state index contributed by atoms with van der Waals surface area (Å²) in [7, 11) is 0. The Morgan fingerprint density at radius 3 is 0.957 bits per heavy atom. The van der Waals surface area contributed by atoms with Gasteiger partial charge in [0.25, 0.3) is 0 Å². The first-order valence-electron chi connectivity index (χ1n) is 26.8. The molecule has 15 nitrogen and oxygen atoms in total. The van der Waals surface area contributed by atoms with Crippen LogP contribution in [0.4, 0.5) is 4.79 Å². The number of unbranched alkanes of at least 4 members (excludes halogenated alkanes) is 12. The summed E-state index contributed by atoms with van der Waals surface area (Å²) in [6.07, 6.45) is 18.0. The highest BCUT2D eigenvalue weighted by Crippen LogP contribution is 2.44. The van der Waals surface area contributed by atoms with Crippen molar-refractivity contribution >= 4 is 6.09 Å². The Morgan fingerprint density at radius 1 is 0.357 bits per heavy atom. The largest absolute Gasteiger partial charge is 0.449 e.